The lowest BCUT2D eigenvalue weighted by molar-refractivity contribution is 0.413. The molecule has 20 heavy (non-hydrogen) atoms. The number of nitrogens with zero attached hydrogens (tertiary/aromatic N) is 2. The molecule has 0 fully saturated rings. The van der Waals surface area contributed by atoms with Crippen LogP contribution in [-0.4, -0.2) is 17.1 Å². The number of hydrogen-bond donors (Lipinski definition) is 0. The van der Waals surface area contributed by atoms with Crippen LogP contribution >= 0.6 is 11.6 Å². The first kappa shape index (κ1) is 14.8. The fraction of sp³-hybridized carbons (Fsp3) is 0.375. The minimum absolute atomic E-state index is 0.525. The van der Waals surface area contributed by atoms with Gasteiger partial charge in [0.15, 0.2) is 0 Å². The Labute approximate surface area is 125 Å². The van der Waals surface area contributed by atoms with Crippen LogP contribution in [-0.2, 0) is 6.42 Å². The zero-order chi connectivity index (χ0) is 14.7. The topological polar surface area (TPSA) is 35.0 Å². The van der Waals surface area contributed by atoms with Gasteiger partial charge < -0.3 is 4.74 Å². The fourth-order valence-electron chi connectivity index (χ4n) is 2.33. The molecule has 3 nitrogen and oxygen atoms in total. The Balaban J connectivity index is 2.69. The predicted octanol–water partition coefficient (Wildman–Crippen LogP) is 4.37. The van der Waals surface area contributed by atoms with Gasteiger partial charge in [0.1, 0.15) is 17.2 Å². The molecule has 0 aliphatic rings. The number of aromatic nitrogens is 2. The van der Waals surface area contributed by atoms with E-state index < -0.39 is 0 Å². The van der Waals surface area contributed by atoms with E-state index in [4.69, 9.17) is 16.3 Å². The minimum Gasteiger partial charge on any atom is -0.496 e. The van der Waals surface area contributed by atoms with Gasteiger partial charge in [-0.25, -0.2) is 9.97 Å². The normalized spacial score (nSPS) is 10.7. The molecule has 2 rings (SSSR count). The SMILES string of the molecule is CCCc1c(Cl)ncnc1-c1ccc(C)c(C)c1OC. The van der Waals surface area contributed by atoms with Crippen molar-refractivity contribution in [1.82, 2.24) is 9.97 Å². The van der Waals surface area contributed by atoms with E-state index in [0.717, 1.165) is 41.0 Å². The molecular weight excluding hydrogens is 272 g/mol. The van der Waals surface area contributed by atoms with E-state index in [-0.39, 0.29) is 0 Å². The van der Waals surface area contributed by atoms with Crippen molar-refractivity contribution in [3.05, 3.63) is 40.3 Å². The van der Waals surface area contributed by atoms with Gasteiger partial charge in [0, 0.05) is 11.1 Å². The quantitative estimate of drug-likeness (QED) is 0.784. The lowest BCUT2D eigenvalue weighted by Gasteiger charge is -2.15. The van der Waals surface area contributed by atoms with Crippen LogP contribution in [0.4, 0.5) is 0 Å². The molecule has 0 atom stereocenters. The molecular formula is C16H19ClN2O. The summed E-state index contributed by atoms with van der Waals surface area (Å²) in [6, 6.07) is 4.12. The zero-order valence-corrected chi connectivity index (χ0v) is 13.1. The Kier molecular flexibility index (Phi) is 4.61. The molecule has 0 bridgehead atoms. The number of rotatable bonds is 4. The average molecular weight is 291 g/mol. The molecule has 106 valence electrons. The van der Waals surface area contributed by atoms with Crippen molar-refractivity contribution in [2.24, 2.45) is 0 Å². The van der Waals surface area contributed by atoms with Crippen molar-refractivity contribution >= 4 is 11.6 Å². The van der Waals surface area contributed by atoms with Crippen LogP contribution < -0.4 is 4.74 Å². The summed E-state index contributed by atoms with van der Waals surface area (Å²) in [4.78, 5) is 8.53. The summed E-state index contributed by atoms with van der Waals surface area (Å²) in [6.45, 7) is 6.24. The van der Waals surface area contributed by atoms with E-state index >= 15 is 0 Å². The Morgan fingerprint density at radius 2 is 1.95 bits per heavy atom. The standard InChI is InChI=1S/C16H19ClN2O/c1-5-6-13-14(18-9-19-16(13)17)12-8-7-10(2)11(3)15(12)20-4/h7-9H,5-6H2,1-4H3. The zero-order valence-electron chi connectivity index (χ0n) is 12.3. The van der Waals surface area contributed by atoms with Crippen molar-refractivity contribution < 1.29 is 4.74 Å². The van der Waals surface area contributed by atoms with Crippen LogP contribution in [0.3, 0.4) is 0 Å². The van der Waals surface area contributed by atoms with Gasteiger partial charge in [0.05, 0.1) is 12.8 Å². The van der Waals surface area contributed by atoms with Crippen LogP contribution in [0.1, 0.15) is 30.0 Å². The van der Waals surface area contributed by atoms with Crippen LogP contribution in [0.2, 0.25) is 5.15 Å². The van der Waals surface area contributed by atoms with Gasteiger partial charge >= 0.3 is 0 Å². The summed E-state index contributed by atoms with van der Waals surface area (Å²) in [5.41, 5.74) is 5.15. The number of methoxy groups -OCH3 is 1. The molecule has 1 aromatic heterocycles. The Morgan fingerprint density at radius 3 is 2.60 bits per heavy atom. The lowest BCUT2D eigenvalue weighted by Crippen LogP contribution is -2.00. The van der Waals surface area contributed by atoms with E-state index in [1.54, 1.807) is 7.11 Å². The van der Waals surface area contributed by atoms with Gasteiger partial charge in [-0.15, -0.1) is 0 Å². The second kappa shape index (κ2) is 6.23. The monoisotopic (exact) mass is 290 g/mol. The highest BCUT2D eigenvalue weighted by Gasteiger charge is 2.17. The van der Waals surface area contributed by atoms with Crippen molar-refractivity contribution in [3.8, 4) is 17.0 Å². The Bertz CT molecular complexity index is 626. The van der Waals surface area contributed by atoms with Gasteiger partial charge in [-0.1, -0.05) is 31.0 Å². The van der Waals surface area contributed by atoms with Crippen molar-refractivity contribution in [1.29, 1.82) is 0 Å². The van der Waals surface area contributed by atoms with Crippen molar-refractivity contribution in [2.45, 2.75) is 33.6 Å². The Hall–Kier alpha value is -1.61. The van der Waals surface area contributed by atoms with Gasteiger partial charge in [0.2, 0.25) is 0 Å². The molecule has 4 heteroatoms. The highest BCUT2D eigenvalue weighted by atomic mass is 35.5. The van der Waals surface area contributed by atoms with E-state index in [2.05, 4.69) is 36.8 Å². The molecule has 0 N–H and O–H groups in total. The highest BCUT2D eigenvalue weighted by molar-refractivity contribution is 6.30. The third-order valence-corrected chi connectivity index (χ3v) is 3.85. The van der Waals surface area contributed by atoms with Crippen molar-refractivity contribution in [3.63, 3.8) is 0 Å². The van der Waals surface area contributed by atoms with Gasteiger partial charge in [0.25, 0.3) is 0 Å². The first-order chi connectivity index (χ1) is 9.60. The van der Waals surface area contributed by atoms with Crippen LogP contribution in [0.5, 0.6) is 5.75 Å². The third kappa shape index (κ3) is 2.63. The number of halogens is 1. The second-order valence-electron chi connectivity index (χ2n) is 4.83. The molecule has 0 saturated carbocycles. The molecule has 2 aromatic rings. The minimum atomic E-state index is 0.525. The van der Waals surface area contributed by atoms with Gasteiger partial charge in [-0.3, -0.25) is 0 Å². The second-order valence-corrected chi connectivity index (χ2v) is 5.19. The van der Waals surface area contributed by atoms with E-state index in [0.29, 0.717) is 5.15 Å². The summed E-state index contributed by atoms with van der Waals surface area (Å²) in [7, 11) is 1.69. The van der Waals surface area contributed by atoms with Gasteiger partial charge in [-0.05, 0) is 37.5 Å². The maximum absolute atomic E-state index is 6.23. The van der Waals surface area contributed by atoms with Gasteiger partial charge in [-0.2, -0.15) is 0 Å². The van der Waals surface area contributed by atoms with Crippen molar-refractivity contribution in [2.75, 3.05) is 7.11 Å². The summed E-state index contributed by atoms with van der Waals surface area (Å²) in [5.74, 6) is 0.858. The number of aryl methyl sites for hydroxylation is 1. The molecule has 0 saturated heterocycles. The lowest BCUT2D eigenvalue weighted by atomic mass is 9.98. The van der Waals surface area contributed by atoms with E-state index in [1.807, 2.05) is 6.07 Å². The molecule has 1 aromatic carbocycles. The molecule has 0 spiro atoms. The maximum Gasteiger partial charge on any atom is 0.136 e. The number of benzene rings is 1. The summed E-state index contributed by atoms with van der Waals surface area (Å²) >= 11 is 6.23. The first-order valence-electron chi connectivity index (χ1n) is 6.74. The number of hydrogen-bond acceptors (Lipinski definition) is 3. The largest absolute Gasteiger partial charge is 0.496 e. The first-order valence-corrected chi connectivity index (χ1v) is 7.11. The molecule has 0 aliphatic heterocycles. The third-order valence-electron chi connectivity index (χ3n) is 3.53. The smallest absolute Gasteiger partial charge is 0.136 e. The van der Waals surface area contributed by atoms with Crippen LogP contribution in [0.25, 0.3) is 11.3 Å². The molecule has 1 heterocycles. The summed E-state index contributed by atoms with van der Waals surface area (Å²) < 4.78 is 5.58. The molecule has 0 radical (unpaired) electrons. The molecule has 0 unspecified atom stereocenters. The van der Waals surface area contributed by atoms with E-state index in [1.165, 1.54) is 11.9 Å². The maximum atomic E-state index is 6.23. The number of ether oxygens (including phenoxy) is 1. The fourth-order valence-corrected chi connectivity index (χ4v) is 2.56. The summed E-state index contributed by atoms with van der Waals surface area (Å²) in [6.07, 6.45) is 3.35. The van der Waals surface area contributed by atoms with Crippen LogP contribution in [0, 0.1) is 13.8 Å². The molecule has 0 amide bonds. The highest BCUT2D eigenvalue weighted by Crippen LogP contribution is 2.36. The Morgan fingerprint density at radius 1 is 1.20 bits per heavy atom. The van der Waals surface area contributed by atoms with Crippen LogP contribution in [0.15, 0.2) is 18.5 Å². The predicted molar refractivity (Wildman–Crippen MR) is 82.5 cm³/mol. The van der Waals surface area contributed by atoms with E-state index in [9.17, 15) is 0 Å². The average Bonchev–Trinajstić information content (AvgIpc) is 2.44. The molecule has 0 aliphatic carbocycles. The summed E-state index contributed by atoms with van der Waals surface area (Å²) in [5, 5.41) is 0.525.